The van der Waals surface area contributed by atoms with Crippen LogP contribution in [0.25, 0.3) is 0 Å². The highest BCUT2D eigenvalue weighted by Crippen LogP contribution is 1.95. The zero-order valence-electron chi connectivity index (χ0n) is 9.84. The summed E-state index contributed by atoms with van der Waals surface area (Å²) < 4.78 is 16.2. The van der Waals surface area contributed by atoms with Gasteiger partial charge in [-0.2, -0.15) is 0 Å². The Bertz CT molecular complexity index is 122. The van der Waals surface area contributed by atoms with Crippen LogP contribution in [0.4, 0.5) is 0 Å². The van der Waals surface area contributed by atoms with Crippen molar-refractivity contribution in [2.24, 2.45) is 0 Å². The van der Waals surface area contributed by atoms with Gasteiger partial charge in [0.25, 0.3) is 0 Å². The molecule has 0 aromatic rings. The summed E-state index contributed by atoms with van der Waals surface area (Å²) in [5.74, 6) is 0. The first-order valence-electron chi connectivity index (χ1n) is 5.64. The highest BCUT2D eigenvalue weighted by Gasteiger charge is 2.01. The Kier molecular flexibility index (Phi) is 12.7. The molecule has 0 saturated heterocycles. The molecule has 0 radical (unpaired) electrons. The van der Waals surface area contributed by atoms with Gasteiger partial charge in [0.15, 0.2) is 0 Å². The molecule has 0 heterocycles. The van der Waals surface area contributed by atoms with E-state index < -0.39 is 0 Å². The fourth-order valence-electron chi connectivity index (χ4n) is 1.01. The van der Waals surface area contributed by atoms with E-state index in [1.54, 1.807) is 0 Å². The average molecular weight is 283 g/mol. The van der Waals surface area contributed by atoms with Crippen LogP contribution in [-0.4, -0.2) is 44.5 Å². The van der Waals surface area contributed by atoms with E-state index in [9.17, 15) is 0 Å². The molecule has 0 aromatic carbocycles. The molecule has 0 aliphatic carbocycles. The lowest BCUT2D eigenvalue weighted by atomic mass is 10.3. The van der Waals surface area contributed by atoms with Crippen molar-refractivity contribution < 1.29 is 14.2 Å². The van der Waals surface area contributed by atoms with Gasteiger partial charge in [0.2, 0.25) is 0 Å². The van der Waals surface area contributed by atoms with Crippen LogP contribution in [0, 0.1) is 0 Å². The van der Waals surface area contributed by atoms with E-state index in [-0.39, 0.29) is 6.10 Å². The van der Waals surface area contributed by atoms with E-state index in [1.165, 1.54) is 6.42 Å². The van der Waals surface area contributed by atoms with Crippen LogP contribution in [0.2, 0.25) is 0 Å². The van der Waals surface area contributed by atoms with Gasteiger partial charge in [-0.1, -0.05) is 29.3 Å². The lowest BCUT2D eigenvalue weighted by Gasteiger charge is -2.13. The van der Waals surface area contributed by atoms with Crippen LogP contribution in [0.15, 0.2) is 0 Å². The van der Waals surface area contributed by atoms with Crippen LogP contribution in [0.1, 0.15) is 26.7 Å². The molecular formula is C11H23BrO3. The number of alkyl halides is 1. The molecule has 1 atom stereocenters. The predicted molar refractivity (Wildman–Crippen MR) is 65.8 cm³/mol. The molecule has 0 aliphatic rings. The topological polar surface area (TPSA) is 27.7 Å². The zero-order valence-corrected chi connectivity index (χ0v) is 11.4. The van der Waals surface area contributed by atoms with Crippen LogP contribution < -0.4 is 0 Å². The van der Waals surface area contributed by atoms with Crippen LogP contribution in [-0.2, 0) is 14.2 Å². The number of ether oxygens (including phenoxy) is 3. The average Bonchev–Trinajstić information content (AvgIpc) is 2.24. The second-order valence-corrected chi connectivity index (χ2v) is 4.20. The molecule has 0 aromatic heterocycles. The third-order valence-corrected chi connectivity index (χ3v) is 2.17. The predicted octanol–water partition coefficient (Wildman–Crippen LogP) is 2.62. The molecule has 4 heteroatoms. The standard InChI is InChI=1S/C11H23BrO3/c1-3-4-6-14-10-11(2)15-9-8-13-7-5-12/h11H,3-10H2,1-2H3. The van der Waals surface area contributed by atoms with Crippen molar-refractivity contribution in [3.8, 4) is 0 Å². The minimum absolute atomic E-state index is 0.162. The molecule has 0 amide bonds. The van der Waals surface area contributed by atoms with Gasteiger partial charge in [-0.3, -0.25) is 0 Å². The van der Waals surface area contributed by atoms with Gasteiger partial charge in [0.1, 0.15) is 0 Å². The number of hydrogen-bond donors (Lipinski definition) is 0. The highest BCUT2D eigenvalue weighted by atomic mass is 79.9. The largest absolute Gasteiger partial charge is 0.379 e. The Hall–Kier alpha value is 0.360. The molecule has 0 spiro atoms. The first-order chi connectivity index (χ1) is 7.31. The molecule has 0 saturated carbocycles. The van der Waals surface area contributed by atoms with Crippen molar-refractivity contribution in [3.63, 3.8) is 0 Å². The molecule has 92 valence electrons. The minimum Gasteiger partial charge on any atom is -0.379 e. The molecule has 1 unspecified atom stereocenters. The summed E-state index contributed by atoms with van der Waals surface area (Å²) in [4.78, 5) is 0. The molecule has 0 fully saturated rings. The summed E-state index contributed by atoms with van der Waals surface area (Å²) in [7, 11) is 0. The minimum atomic E-state index is 0.162. The maximum Gasteiger partial charge on any atom is 0.0781 e. The fraction of sp³-hybridized carbons (Fsp3) is 1.00. The summed E-state index contributed by atoms with van der Waals surface area (Å²) in [6.07, 6.45) is 2.46. The first-order valence-corrected chi connectivity index (χ1v) is 6.76. The van der Waals surface area contributed by atoms with E-state index in [0.29, 0.717) is 19.8 Å². The Morgan fingerprint density at radius 2 is 1.87 bits per heavy atom. The molecule has 0 rings (SSSR count). The summed E-state index contributed by atoms with van der Waals surface area (Å²) in [6.45, 7) is 7.74. The van der Waals surface area contributed by atoms with Crippen LogP contribution in [0.5, 0.6) is 0 Å². The molecule has 0 bridgehead atoms. The molecular weight excluding hydrogens is 260 g/mol. The third-order valence-electron chi connectivity index (χ3n) is 1.85. The lowest BCUT2D eigenvalue weighted by Crippen LogP contribution is -2.19. The van der Waals surface area contributed by atoms with Crippen LogP contribution in [0.3, 0.4) is 0 Å². The maximum absolute atomic E-state index is 5.50. The van der Waals surface area contributed by atoms with Gasteiger partial charge >= 0.3 is 0 Å². The van der Waals surface area contributed by atoms with Gasteiger partial charge in [0.05, 0.1) is 32.5 Å². The van der Waals surface area contributed by atoms with Gasteiger partial charge < -0.3 is 14.2 Å². The number of unbranched alkanes of at least 4 members (excludes halogenated alkanes) is 1. The van der Waals surface area contributed by atoms with Crippen molar-refractivity contribution in [3.05, 3.63) is 0 Å². The summed E-state index contributed by atoms with van der Waals surface area (Å²) >= 11 is 3.29. The molecule has 0 aliphatic heterocycles. The van der Waals surface area contributed by atoms with Crippen molar-refractivity contribution in [1.29, 1.82) is 0 Å². The molecule has 0 N–H and O–H groups in total. The monoisotopic (exact) mass is 282 g/mol. The fourth-order valence-corrected chi connectivity index (χ4v) is 1.24. The van der Waals surface area contributed by atoms with Gasteiger partial charge in [-0.15, -0.1) is 0 Å². The normalized spacial score (nSPS) is 13.0. The van der Waals surface area contributed by atoms with Crippen molar-refractivity contribution in [2.75, 3.05) is 38.4 Å². The smallest absolute Gasteiger partial charge is 0.0781 e. The highest BCUT2D eigenvalue weighted by molar-refractivity contribution is 9.09. The summed E-state index contributed by atoms with van der Waals surface area (Å²) in [5, 5.41) is 0.878. The van der Waals surface area contributed by atoms with E-state index in [1.807, 2.05) is 6.92 Å². The summed E-state index contributed by atoms with van der Waals surface area (Å²) in [6, 6.07) is 0. The number of rotatable bonds is 11. The second-order valence-electron chi connectivity index (χ2n) is 3.41. The van der Waals surface area contributed by atoms with E-state index in [2.05, 4.69) is 22.9 Å². The quantitative estimate of drug-likeness (QED) is 0.431. The third kappa shape index (κ3) is 12.3. The lowest BCUT2D eigenvalue weighted by molar-refractivity contribution is -0.0284. The first kappa shape index (κ1) is 15.4. The molecule has 3 nitrogen and oxygen atoms in total. The molecule has 15 heavy (non-hydrogen) atoms. The van der Waals surface area contributed by atoms with Crippen molar-refractivity contribution in [2.45, 2.75) is 32.8 Å². The van der Waals surface area contributed by atoms with Gasteiger partial charge in [-0.25, -0.2) is 0 Å². The Morgan fingerprint density at radius 1 is 1.07 bits per heavy atom. The number of hydrogen-bond acceptors (Lipinski definition) is 3. The summed E-state index contributed by atoms with van der Waals surface area (Å²) in [5.41, 5.74) is 0. The van der Waals surface area contributed by atoms with Crippen molar-refractivity contribution >= 4 is 15.9 Å². The van der Waals surface area contributed by atoms with Crippen molar-refractivity contribution in [1.82, 2.24) is 0 Å². The zero-order chi connectivity index (χ0) is 11.4. The van der Waals surface area contributed by atoms with E-state index in [0.717, 1.165) is 25.0 Å². The Labute approximate surface area is 102 Å². The van der Waals surface area contributed by atoms with Crippen LogP contribution >= 0.6 is 15.9 Å². The maximum atomic E-state index is 5.50. The second kappa shape index (κ2) is 12.4. The Morgan fingerprint density at radius 3 is 2.53 bits per heavy atom. The van der Waals surface area contributed by atoms with E-state index in [4.69, 9.17) is 14.2 Å². The van der Waals surface area contributed by atoms with Gasteiger partial charge in [0, 0.05) is 11.9 Å². The van der Waals surface area contributed by atoms with Gasteiger partial charge in [-0.05, 0) is 13.3 Å². The number of halogens is 1. The SMILES string of the molecule is CCCCOCC(C)OCCOCCBr. The van der Waals surface area contributed by atoms with E-state index >= 15 is 0 Å². The Balaban J connectivity index is 3.08.